The molecule has 0 saturated heterocycles. The average molecular weight is 180 g/mol. The Balaban J connectivity index is 4.05. The van der Waals surface area contributed by atoms with E-state index in [4.69, 9.17) is 24.4 Å². The molecule has 0 aromatic heterocycles. The van der Waals surface area contributed by atoms with Gasteiger partial charge in [0.15, 0.2) is 0 Å². The van der Waals surface area contributed by atoms with E-state index in [1.807, 2.05) is 0 Å². The van der Waals surface area contributed by atoms with Crippen LogP contribution < -0.4 is 0 Å². The van der Waals surface area contributed by atoms with E-state index in [0.29, 0.717) is 13.9 Å². The fraction of sp³-hybridized carbons (Fsp3) is 0.250. The minimum Gasteiger partial charge on any atom is -0.130 e. The Hall–Kier alpha value is 0.620. The first-order valence-corrected chi connectivity index (χ1v) is 3.51. The summed E-state index contributed by atoms with van der Waals surface area (Å²) in [4.78, 5) is 1.15. The van der Waals surface area contributed by atoms with Gasteiger partial charge in [0.1, 0.15) is 0 Å². The molecule has 44 valence electrons. The summed E-state index contributed by atoms with van der Waals surface area (Å²) in [6.45, 7) is 1.74. The third kappa shape index (κ3) is 2.81. The Morgan fingerprint density at radius 3 is 1.62 bits per heavy atom. The van der Waals surface area contributed by atoms with Gasteiger partial charge in [-0.2, -0.15) is 0 Å². The SMILES string of the molecule is CC(=S)C(=S)C(=S)S. The lowest BCUT2D eigenvalue weighted by Gasteiger charge is -1.92. The lowest BCUT2D eigenvalue weighted by atomic mass is 10.4. The number of thiocarbonyl (C=S) groups is 3. The molecular weight excluding hydrogens is 176 g/mol. The summed E-state index contributed by atoms with van der Waals surface area (Å²) in [6, 6.07) is 0. The normalized spacial score (nSPS) is 8.25. The van der Waals surface area contributed by atoms with Crippen LogP contribution in [-0.4, -0.2) is 13.9 Å². The highest BCUT2D eigenvalue weighted by molar-refractivity contribution is 8.17. The first kappa shape index (κ1) is 8.62. The number of hydrogen-bond acceptors (Lipinski definition) is 3. The molecule has 0 aliphatic carbocycles. The molecule has 0 unspecified atom stereocenters. The summed E-state index contributed by atoms with van der Waals surface area (Å²) < 4.78 is 0.410. The van der Waals surface area contributed by atoms with Crippen molar-refractivity contribution >= 4 is 63.2 Å². The fourth-order valence-corrected chi connectivity index (χ4v) is 0.714. The second-order valence-corrected chi connectivity index (χ2v) is 3.37. The first-order valence-electron chi connectivity index (χ1n) is 1.84. The molecule has 0 aliphatic heterocycles. The molecular formula is C4H4S4. The van der Waals surface area contributed by atoms with Crippen molar-refractivity contribution < 1.29 is 0 Å². The highest BCUT2D eigenvalue weighted by atomic mass is 32.1. The molecule has 0 aliphatic rings. The zero-order valence-corrected chi connectivity index (χ0v) is 7.52. The van der Waals surface area contributed by atoms with E-state index in [9.17, 15) is 0 Å². The zero-order valence-electron chi connectivity index (χ0n) is 4.17. The summed E-state index contributed by atoms with van der Waals surface area (Å²) in [7, 11) is 0. The van der Waals surface area contributed by atoms with Gasteiger partial charge in [-0.25, -0.2) is 0 Å². The van der Waals surface area contributed by atoms with Crippen molar-refractivity contribution in [1.82, 2.24) is 0 Å². The molecule has 0 bridgehead atoms. The fourth-order valence-electron chi connectivity index (χ4n) is 0.151. The second kappa shape index (κ2) is 3.61. The van der Waals surface area contributed by atoms with Gasteiger partial charge >= 0.3 is 0 Å². The van der Waals surface area contributed by atoms with Crippen molar-refractivity contribution in [2.75, 3.05) is 0 Å². The predicted octanol–water partition coefficient (Wildman–Crippen LogP) is 2.00. The summed E-state index contributed by atoms with van der Waals surface area (Å²) >= 11 is 17.9. The van der Waals surface area contributed by atoms with Crippen LogP contribution >= 0.6 is 49.3 Å². The van der Waals surface area contributed by atoms with Gasteiger partial charge < -0.3 is 0 Å². The summed E-state index contributed by atoms with van der Waals surface area (Å²) in [5.41, 5.74) is 0. The van der Waals surface area contributed by atoms with E-state index in [2.05, 4.69) is 24.8 Å². The summed E-state index contributed by atoms with van der Waals surface area (Å²) in [6.07, 6.45) is 0. The molecule has 0 heterocycles. The number of thiol groups is 1. The van der Waals surface area contributed by atoms with Crippen LogP contribution in [0.25, 0.3) is 0 Å². The minimum absolute atomic E-state index is 0.410. The minimum atomic E-state index is 0.410. The van der Waals surface area contributed by atoms with E-state index in [0.717, 1.165) is 0 Å². The van der Waals surface area contributed by atoms with Crippen LogP contribution in [-0.2, 0) is 0 Å². The van der Waals surface area contributed by atoms with Gasteiger partial charge in [-0.05, 0) is 6.92 Å². The third-order valence-corrected chi connectivity index (χ3v) is 2.07. The summed E-state index contributed by atoms with van der Waals surface area (Å²) in [5, 5.41) is 0. The maximum atomic E-state index is 4.74. The maximum Gasteiger partial charge on any atom is 0.0867 e. The Morgan fingerprint density at radius 1 is 1.25 bits per heavy atom. The molecule has 0 aromatic rings. The number of hydrogen-bond donors (Lipinski definition) is 1. The van der Waals surface area contributed by atoms with Crippen molar-refractivity contribution in [3.63, 3.8) is 0 Å². The molecule has 0 fully saturated rings. The van der Waals surface area contributed by atoms with Crippen LogP contribution in [0, 0.1) is 0 Å². The monoisotopic (exact) mass is 180 g/mol. The van der Waals surface area contributed by atoms with Crippen molar-refractivity contribution in [2.45, 2.75) is 6.92 Å². The van der Waals surface area contributed by atoms with Gasteiger partial charge in [0.05, 0.1) is 9.06 Å². The molecule has 0 spiro atoms. The molecule has 0 nitrogen and oxygen atoms in total. The van der Waals surface area contributed by atoms with Crippen LogP contribution in [0.5, 0.6) is 0 Å². The van der Waals surface area contributed by atoms with Gasteiger partial charge in [0.2, 0.25) is 0 Å². The molecule has 0 amide bonds. The van der Waals surface area contributed by atoms with Crippen LogP contribution in [0.3, 0.4) is 0 Å². The average Bonchev–Trinajstić information content (AvgIpc) is 1.64. The smallest absolute Gasteiger partial charge is 0.0867 e. The quantitative estimate of drug-likeness (QED) is 0.510. The topological polar surface area (TPSA) is 0 Å². The van der Waals surface area contributed by atoms with Crippen LogP contribution in [0.1, 0.15) is 6.92 Å². The molecule has 0 aromatic carbocycles. The van der Waals surface area contributed by atoms with Gasteiger partial charge in [-0.15, -0.1) is 12.6 Å². The maximum absolute atomic E-state index is 4.74. The Bertz CT molecular complexity index is 130. The molecule has 0 atom stereocenters. The van der Waals surface area contributed by atoms with Crippen LogP contribution in [0.4, 0.5) is 0 Å². The van der Waals surface area contributed by atoms with Crippen molar-refractivity contribution in [1.29, 1.82) is 0 Å². The molecule has 0 rings (SSSR count). The Morgan fingerprint density at radius 2 is 1.62 bits per heavy atom. The van der Waals surface area contributed by atoms with E-state index in [1.165, 1.54) is 0 Å². The van der Waals surface area contributed by atoms with Crippen molar-refractivity contribution in [2.24, 2.45) is 0 Å². The van der Waals surface area contributed by atoms with Crippen LogP contribution in [0.15, 0.2) is 0 Å². The first-order chi connectivity index (χ1) is 3.55. The van der Waals surface area contributed by atoms with Gasteiger partial charge in [-0.1, -0.05) is 36.7 Å². The highest BCUT2D eigenvalue weighted by Crippen LogP contribution is 1.92. The molecule has 8 heavy (non-hydrogen) atoms. The molecule has 0 radical (unpaired) electrons. The van der Waals surface area contributed by atoms with E-state index >= 15 is 0 Å². The van der Waals surface area contributed by atoms with Gasteiger partial charge in [0, 0.05) is 4.86 Å². The zero-order chi connectivity index (χ0) is 6.73. The largest absolute Gasteiger partial charge is 0.130 e. The van der Waals surface area contributed by atoms with Crippen molar-refractivity contribution in [3.05, 3.63) is 0 Å². The van der Waals surface area contributed by atoms with Gasteiger partial charge in [0.25, 0.3) is 0 Å². The van der Waals surface area contributed by atoms with E-state index < -0.39 is 0 Å². The van der Waals surface area contributed by atoms with Gasteiger partial charge in [-0.3, -0.25) is 0 Å². The lowest BCUT2D eigenvalue weighted by molar-refractivity contribution is 2.09. The molecule has 4 heteroatoms. The number of rotatable bonds is 2. The lowest BCUT2D eigenvalue weighted by Crippen LogP contribution is -2.09. The van der Waals surface area contributed by atoms with Crippen molar-refractivity contribution in [3.8, 4) is 0 Å². The van der Waals surface area contributed by atoms with Crippen LogP contribution in [0.2, 0.25) is 0 Å². The molecule has 0 N–H and O–H groups in total. The van der Waals surface area contributed by atoms with E-state index in [1.54, 1.807) is 6.92 Å². The highest BCUT2D eigenvalue weighted by Gasteiger charge is 1.99. The standard InChI is InChI=1S/C4H4S4/c1-2(5)3(6)4(7)8/h1H3,(H,7,8). The predicted molar refractivity (Wildman–Crippen MR) is 52.5 cm³/mol. The second-order valence-electron chi connectivity index (χ2n) is 1.19. The Labute approximate surface area is 70.1 Å². The summed E-state index contributed by atoms with van der Waals surface area (Å²) in [5.74, 6) is 0. The molecule has 0 saturated carbocycles. The van der Waals surface area contributed by atoms with E-state index in [-0.39, 0.29) is 0 Å². The Kier molecular flexibility index (Phi) is 3.89. The third-order valence-electron chi connectivity index (χ3n) is 0.514.